The second-order valence-corrected chi connectivity index (χ2v) is 4.18. The summed E-state index contributed by atoms with van der Waals surface area (Å²) in [5.41, 5.74) is 2.51. The van der Waals surface area contributed by atoms with Crippen LogP contribution in [0.5, 0.6) is 5.75 Å². The van der Waals surface area contributed by atoms with Gasteiger partial charge in [0.05, 0.1) is 7.11 Å². The largest absolute Gasteiger partial charge is 0.496 e. The molecular weight excluding hydrogens is 200 g/mol. The van der Waals surface area contributed by atoms with Gasteiger partial charge in [-0.05, 0) is 24.6 Å². The molecule has 16 heavy (non-hydrogen) atoms. The first-order chi connectivity index (χ1) is 7.69. The van der Waals surface area contributed by atoms with Crippen molar-refractivity contribution in [1.29, 1.82) is 0 Å². The lowest BCUT2D eigenvalue weighted by Crippen LogP contribution is -2.25. The van der Waals surface area contributed by atoms with Crippen molar-refractivity contribution in [2.45, 2.75) is 26.3 Å². The highest BCUT2D eigenvalue weighted by atomic mass is 16.5. The zero-order valence-electron chi connectivity index (χ0n) is 10.6. The number of hydrogen-bond donors (Lipinski definition) is 2. The summed E-state index contributed by atoms with van der Waals surface area (Å²) in [6.45, 7) is 6.00. The Morgan fingerprint density at radius 1 is 1.31 bits per heavy atom. The summed E-state index contributed by atoms with van der Waals surface area (Å²) in [5.74, 6) is 1.50. The fourth-order valence-corrected chi connectivity index (χ4v) is 1.59. The quantitative estimate of drug-likeness (QED) is 0.571. The summed E-state index contributed by atoms with van der Waals surface area (Å²) in [7, 11) is 3.65. The van der Waals surface area contributed by atoms with E-state index in [0.29, 0.717) is 5.92 Å². The molecule has 0 saturated heterocycles. The first-order valence-electron chi connectivity index (χ1n) is 5.71. The molecule has 90 valence electrons. The lowest BCUT2D eigenvalue weighted by molar-refractivity contribution is 0.406. The summed E-state index contributed by atoms with van der Waals surface area (Å²) in [4.78, 5) is 0. The molecule has 0 unspecified atom stereocenters. The molecule has 0 aromatic heterocycles. The smallest absolute Gasteiger partial charge is 0.123 e. The van der Waals surface area contributed by atoms with Gasteiger partial charge in [0.15, 0.2) is 0 Å². The van der Waals surface area contributed by atoms with E-state index in [0.717, 1.165) is 19.0 Å². The van der Waals surface area contributed by atoms with Crippen LogP contribution in [0.1, 0.15) is 30.9 Å². The average Bonchev–Trinajstić information content (AvgIpc) is 2.29. The summed E-state index contributed by atoms with van der Waals surface area (Å²) in [6, 6.07) is 6.43. The number of hydrogen-bond acceptors (Lipinski definition) is 3. The van der Waals surface area contributed by atoms with Gasteiger partial charge in [-0.1, -0.05) is 26.0 Å². The van der Waals surface area contributed by atoms with E-state index < -0.39 is 0 Å². The van der Waals surface area contributed by atoms with Gasteiger partial charge in [0.25, 0.3) is 0 Å². The number of ether oxygens (including phenoxy) is 1. The highest BCUT2D eigenvalue weighted by molar-refractivity contribution is 5.38. The molecule has 3 nitrogen and oxygen atoms in total. The van der Waals surface area contributed by atoms with E-state index in [-0.39, 0.29) is 0 Å². The number of rotatable bonds is 6. The van der Waals surface area contributed by atoms with Crippen molar-refractivity contribution in [3.63, 3.8) is 0 Å². The molecule has 0 aliphatic heterocycles. The van der Waals surface area contributed by atoms with Crippen LogP contribution in [-0.2, 0) is 6.54 Å². The Morgan fingerprint density at radius 2 is 2.06 bits per heavy atom. The predicted octanol–water partition coefficient (Wildman–Crippen LogP) is 2.09. The third kappa shape index (κ3) is 3.51. The molecule has 1 rings (SSSR count). The third-order valence-electron chi connectivity index (χ3n) is 2.60. The van der Waals surface area contributed by atoms with Gasteiger partial charge in [-0.15, -0.1) is 0 Å². The van der Waals surface area contributed by atoms with Crippen molar-refractivity contribution in [2.24, 2.45) is 0 Å². The predicted molar refractivity (Wildman–Crippen MR) is 67.8 cm³/mol. The van der Waals surface area contributed by atoms with Crippen LogP contribution in [0.2, 0.25) is 0 Å². The van der Waals surface area contributed by atoms with Gasteiger partial charge in [0, 0.05) is 18.8 Å². The minimum absolute atomic E-state index is 0.535. The third-order valence-corrected chi connectivity index (χ3v) is 2.60. The molecule has 1 aromatic rings. The van der Waals surface area contributed by atoms with Crippen LogP contribution in [0.25, 0.3) is 0 Å². The van der Waals surface area contributed by atoms with E-state index in [9.17, 15) is 0 Å². The molecule has 0 saturated carbocycles. The van der Waals surface area contributed by atoms with Crippen molar-refractivity contribution < 1.29 is 4.74 Å². The molecular formula is C13H22N2O. The first-order valence-corrected chi connectivity index (χ1v) is 5.71. The van der Waals surface area contributed by atoms with E-state index in [1.54, 1.807) is 7.11 Å². The second kappa shape index (κ2) is 6.51. The Morgan fingerprint density at radius 3 is 2.62 bits per heavy atom. The zero-order chi connectivity index (χ0) is 12.0. The molecule has 0 atom stereocenters. The van der Waals surface area contributed by atoms with Crippen LogP contribution in [-0.4, -0.2) is 20.8 Å². The maximum absolute atomic E-state index is 5.41. The topological polar surface area (TPSA) is 33.3 Å². The maximum Gasteiger partial charge on any atom is 0.123 e. The van der Waals surface area contributed by atoms with Gasteiger partial charge in [0.1, 0.15) is 5.75 Å². The summed E-state index contributed by atoms with van der Waals surface area (Å²) in [5, 5.41) is 6.34. The fraction of sp³-hybridized carbons (Fsp3) is 0.538. The zero-order valence-corrected chi connectivity index (χ0v) is 10.6. The lowest BCUT2D eigenvalue weighted by Gasteiger charge is -2.13. The van der Waals surface area contributed by atoms with Crippen molar-refractivity contribution in [3.05, 3.63) is 29.3 Å². The van der Waals surface area contributed by atoms with E-state index in [4.69, 9.17) is 4.74 Å². The second-order valence-electron chi connectivity index (χ2n) is 4.18. The van der Waals surface area contributed by atoms with Gasteiger partial charge in [-0.3, -0.25) is 0 Å². The molecule has 2 N–H and O–H groups in total. The highest BCUT2D eigenvalue weighted by Gasteiger charge is 2.06. The molecule has 0 spiro atoms. The van der Waals surface area contributed by atoms with Gasteiger partial charge in [-0.25, -0.2) is 0 Å². The van der Waals surface area contributed by atoms with Crippen LogP contribution in [0.3, 0.4) is 0 Å². The minimum atomic E-state index is 0.535. The highest BCUT2D eigenvalue weighted by Crippen LogP contribution is 2.24. The Kier molecular flexibility index (Phi) is 5.29. The number of methoxy groups -OCH3 is 1. The van der Waals surface area contributed by atoms with Crippen LogP contribution in [0.15, 0.2) is 18.2 Å². The van der Waals surface area contributed by atoms with E-state index in [1.807, 2.05) is 7.05 Å². The monoisotopic (exact) mass is 222 g/mol. The van der Waals surface area contributed by atoms with E-state index >= 15 is 0 Å². The van der Waals surface area contributed by atoms with E-state index in [1.165, 1.54) is 11.1 Å². The summed E-state index contributed by atoms with van der Waals surface area (Å²) >= 11 is 0. The Hall–Kier alpha value is -1.06. The minimum Gasteiger partial charge on any atom is -0.496 e. The van der Waals surface area contributed by atoms with Gasteiger partial charge in [-0.2, -0.15) is 0 Å². The molecule has 0 aliphatic rings. The van der Waals surface area contributed by atoms with Crippen LogP contribution in [0, 0.1) is 0 Å². The van der Waals surface area contributed by atoms with Crippen LogP contribution in [0.4, 0.5) is 0 Å². The van der Waals surface area contributed by atoms with Crippen molar-refractivity contribution in [3.8, 4) is 5.75 Å². The molecule has 0 bridgehead atoms. The summed E-state index contributed by atoms with van der Waals surface area (Å²) in [6.07, 6.45) is 0. The number of nitrogens with one attached hydrogen (secondary N) is 2. The van der Waals surface area contributed by atoms with Gasteiger partial charge in [0.2, 0.25) is 0 Å². The Bertz CT molecular complexity index is 324. The van der Waals surface area contributed by atoms with Gasteiger partial charge >= 0.3 is 0 Å². The molecule has 0 aliphatic carbocycles. The van der Waals surface area contributed by atoms with Crippen LogP contribution < -0.4 is 15.4 Å². The normalized spacial score (nSPS) is 10.8. The molecule has 1 aromatic carbocycles. The lowest BCUT2D eigenvalue weighted by atomic mass is 10.0. The molecule has 3 heteroatoms. The first kappa shape index (κ1) is 13.0. The molecule has 0 heterocycles. The fourth-order valence-electron chi connectivity index (χ4n) is 1.59. The van der Waals surface area contributed by atoms with Crippen molar-refractivity contribution >= 4 is 0 Å². The standard InChI is InChI=1S/C13H22N2O/c1-10(2)11-5-6-12(8-15-9-14-3)13(7-11)16-4/h5-7,10,14-15H,8-9H2,1-4H3. The van der Waals surface area contributed by atoms with Gasteiger partial charge < -0.3 is 15.4 Å². The van der Waals surface area contributed by atoms with Crippen molar-refractivity contribution in [2.75, 3.05) is 20.8 Å². The summed E-state index contributed by atoms with van der Waals surface area (Å²) < 4.78 is 5.41. The van der Waals surface area contributed by atoms with E-state index in [2.05, 4.69) is 42.7 Å². The molecule has 0 radical (unpaired) electrons. The average molecular weight is 222 g/mol. The van der Waals surface area contributed by atoms with Crippen LogP contribution >= 0.6 is 0 Å². The Labute approximate surface area is 98.2 Å². The molecule has 0 amide bonds. The molecule has 0 fully saturated rings. The van der Waals surface area contributed by atoms with Crippen molar-refractivity contribution in [1.82, 2.24) is 10.6 Å². The Balaban J connectivity index is 2.76. The number of benzene rings is 1. The maximum atomic E-state index is 5.41. The SMILES string of the molecule is CNCNCc1ccc(C(C)C)cc1OC.